The van der Waals surface area contributed by atoms with E-state index in [4.69, 9.17) is 19.5 Å². The third-order valence-electron chi connectivity index (χ3n) is 6.22. The Morgan fingerprint density at radius 3 is 2.85 bits per heavy atom. The molecule has 1 unspecified atom stereocenters. The van der Waals surface area contributed by atoms with Gasteiger partial charge in [-0.25, -0.2) is 9.97 Å². The molecule has 1 N–H and O–H groups in total. The number of carbonyl (C=O) groups excluding carboxylic acids is 1. The van der Waals surface area contributed by atoms with Gasteiger partial charge in [0.1, 0.15) is 12.2 Å². The van der Waals surface area contributed by atoms with E-state index in [1.165, 1.54) is 6.33 Å². The van der Waals surface area contributed by atoms with Crippen LogP contribution in [0, 0.1) is 11.3 Å². The molecule has 1 amide bonds. The maximum atomic E-state index is 12.9. The lowest BCUT2D eigenvalue weighted by Gasteiger charge is -2.26. The third-order valence-corrected chi connectivity index (χ3v) is 6.22. The zero-order chi connectivity index (χ0) is 23.5. The van der Waals surface area contributed by atoms with Gasteiger partial charge < -0.3 is 19.5 Å². The second-order valence-corrected chi connectivity index (χ2v) is 8.27. The van der Waals surface area contributed by atoms with Gasteiger partial charge in [0, 0.05) is 36.8 Å². The van der Waals surface area contributed by atoms with Crippen LogP contribution in [0.3, 0.4) is 0 Å². The molecule has 1 atom stereocenters. The van der Waals surface area contributed by atoms with Gasteiger partial charge in [0.2, 0.25) is 5.91 Å². The first-order chi connectivity index (χ1) is 16.7. The number of amides is 1. The number of morpholine rings is 1. The fourth-order valence-electron chi connectivity index (χ4n) is 4.48. The SMILES string of the molecule is COc1cc2c(C3C(=O)Nc4cc(C#N)ccc43)ncnc2cc1OCCCN1CCOCC1. The van der Waals surface area contributed by atoms with Crippen molar-refractivity contribution in [3.05, 3.63) is 53.5 Å². The average molecular weight is 460 g/mol. The highest BCUT2D eigenvalue weighted by molar-refractivity contribution is 6.07. The summed E-state index contributed by atoms with van der Waals surface area (Å²) in [4.78, 5) is 24.1. The zero-order valence-corrected chi connectivity index (χ0v) is 18.9. The number of rotatable bonds is 7. The normalized spacial score (nSPS) is 17.8. The smallest absolute Gasteiger partial charge is 0.238 e. The molecule has 0 spiro atoms. The molecular formula is C25H25N5O4. The van der Waals surface area contributed by atoms with E-state index in [2.05, 4.69) is 26.3 Å². The first kappa shape index (κ1) is 22.1. The number of carbonyl (C=O) groups is 1. The Morgan fingerprint density at radius 1 is 1.21 bits per heavy atom. The minimum atomic E-state index is -0.599. The van der Waals surface area contributed by atoms with E-state index in [1.807, 2.05) is 12.1 Å². The monoisotopic (exact) mass is 459 g/mol. The highest BCUT2D eigenvalue weighted by atomic mass is 16.5. The molecule has 0 radical (unpaired) electrons. The molecule has 0 bridgehead atoms. The standard InChI is InChI=1S/C25H25N5O4/c1-32-21-12-18-19(13-22(21)34-8-2-5-30-6-9-33-10-7-30)27-15-28-24(18)23-17-4-3-16(14-26)11-20(17)29-25(23)31/h3-4,11-13,15,23H,2,5-10H2,1H3,(H,29,31). The Labute approximate surface area is 197 Å². The number of nitriles is 1. The van der Waals surface area contributed by atoms with Crippen LogP contribution in [0.4, 0.5) is 5.69 Å². The van der Waals surface area contributed by atoms with Crippen LogP contribution in [-0.2, 0) is 9.53 Å². The van der Waals surface area contributed by atoms with E-state index >= 15 is 0 Å². The number of fused-ring (bicyclic) bond motifs is 2. The van der Waals surface area contributed by atoms with E-state index in [1.54, 1.807) is 25.3 Å². The van der Waals surface area contributed by atoms with Crippen LogP contribution >= 0.6 is 0 Å². The summed E-state index contributed by atoms with van der Waals surface area (Å²) in [5.74, 6) is 0.385. The molecule has 3 aromatic rings. The number of hydrogen-bond donors (Lipinski definition) is 1. The van der Waals surface area contributed by atoms with E-state index < -0.39 is 5.92 Å². The Balaban J connectivity index is 1.40. The summed E-state index contributed by atoms with van der Waals surface area (Å²) in [5, 5.41) is 12.8. The van der Waals surface area contributed by atoms with Crippen molar-refractivity contribution in [1.29, 1.82) is 5.26 Å². The molecule has 2 aliphatic heterocycles. The van der Waals surface area contributed by atoms with Crippen LogP contribution in [0.1, 0.15) is 29.2 Å². The molecule has 0 aliphatic carbocycles. The molecular weight excluding hydrogens is 434 g/mol. The number of methoxy groups -OCH3 is 1. The first-order valence-electron chi connectivity index (χ1n) is 11.3. The van der Waals surface area contributed by atoms with Gasteiger partial charge >= 0.3 is 0 Å². The van der Waals surface area contributed by atoms with Crippen molar-refractivity contribution < 1.29 is 19.0 Å². The minimum absolute atomic E-state index is 0.188. The Bertz CT molecular complexity index is 1270. The number of nitrogens with one attached hydrogen (secondary N) is 1. The fourth-order valence-corrected chi connectivity index (χ4v) is 4.48. The predicted molar refractivity (Wildman–Crippen MR) is 125 cm³/mol. The Kier molecular flexibility index (Phi) is 6.25. The van der Waals surface area contributed by atoms with E-state index in [9.17, 15) is 4.79 Å². The van der Waals surface area contributed by atoms with Gasteiger partial charge in [-0.3, -0.25) is 9.69 Å². The molecule has 2 aliphatic rings. The lowest BCUT2D eigenvalue weighted by atomic mass is 9.93. The lowest BCUT2D eigenvalue weighted by Crippen LogP contribution is -2.37. The lowest BCUT2D eigenvalue weighted by molar-refractivity contribution is -0.116. The summed E-state index contributed by atoms with van der Waals surface area (Å²) >= 11 is 0. The summed E-state index contributed by atoms with van der Waals surface area (Å²) in [6.07, 6.45) is 2.35. The topological polar surface area (TPSA) is 110 Å². The number of nitrogens with zero attached hydrogens (tertiary/aromatic N) is 4. The van der Waals surface area contributed by atoms with Gasteiger partial charge in [-0.05, 0) is 30.2 Å². The van der Waals surface area contributed by atoms with Crippen LogP contribution in [0.15, 0.2) is 36.7 Å². The first-order valence-corrected chi connectivity index (χ1v) is 11.3. The predicted octanol–water partition coefficient (Wildman–Crippen LogP) is 2.70. The highest BCUT2D eigenvalue weighted by Gasteiger charge is 2.34. The molecule has 9 nitrogen and oxygen atoms in total. The number of benzene rings is 2. The van der Waals surface area contributed by atoms with Crippen LogP contribution in [0.5, 0.6) is 11.5 Å². The highest BCUT2D eigenvalue weighted by Crippen LogP contribution is 2.41. The maximum Gasteiger partial charge on any atom is 0.238 e. The number of anilines is 1. The maximum absolute atomic E-state index is 12.9. The van der Waals surface area contributed by atoms with Gasteiger partial charge in [0.05, 0.1) is 49.8 Å². The molecule has 5 rings (SSSR count). The van der Waals surface area contributed by atoms with Crippen LogP contribution in [0.25, 0.3) is 10.9 Å². The Morgan fingerprint density at radius 2 is 2.06 bits per heavy atom. The molecule has 0 saturated carbocycles. The van der Waals surface area contributed by atoms with Crippen molar-refractivity contribution in [2.45, 2.75) is 12.3 Å². The number of ether oxygens (including phenoxy) is 3. The van der Waals surface area contributed by atoms with Crippen molar-refractivity contribution in [1.82, 2.24) is 14.9 Å². The van der Waals surface area contributed by atoms with E-state index in [0.717, 1.165) is 50.2 Å². The summed E-state index contributed by atoms with van der Waals surface area (Å²) in [5.41, 5.74) is 3.16. The number of aromatic nitrogens is 2. The largest absolute Gasteiger partial charge is 0.493 e. The van der Waals surface area contributed by atoms with Crippen LogP contribution in [0.2, 0.25) is 0 Å². The number of hydrogen-bond acceptors (Lipinski definition) is 8. The molecule has 3 heterocycles. The van der Waals surface area contributed by atoms with Crippen molar-refractivity contribution in [2.24, 2.45) is 0 Å². The van der Waals surface area contributed by atoms with Crippen molar-refractivity contribution in [3.63, 3.8) is 0 Å². The second kappa shape index (κ2) is 9.63. The quantitative estimate of drug-likeness (QED) is 0.537. The summed E-state index contributed by atoms with van der Waals surface area (Å²) in [6.45, 7) is 4.98. The van der Waals surface area contributed by atoms with Crippen LogP contribution in [-0.4, -0.2) is 67.3 Å². The third kappa shape index (κ3) is 4.25. The summed E-state index contributed by atoms with van der Waals surface area (Å²) < 4.78 is 17.0. The summed E-state index contributed by atoms with van der Waals surface area (Å²) in [7, 11) is 1.59. The van der Waals surface area contributed by atoms with Crippen LogP contribution < -0.4 is 14.8 Å². The van der Waals surface area contributed by atoms with Crippen molar-refractivity contribution in [3.8, 4) is 17.6 Å². The summed E-state index contributed by atoms with van der Waals surface area (Å²) in [6, 6.07) is 11.0. The van der Waals surface area contributed by atoms with E-state index in [-0.39, 0.29) is 5.91 Å². The van der Waals surface area contributed by atoms with Gasteiger partial charge in [0.15, 0.2) is 11.5 Å². The fraction of sp³-hybridized carbons (Fsp3) is 0.360. The van der Waals surface area contributed by atoms with Gasteiger partial charge in [-0.1, -0.05) is 6.07 Å². The average Bonchev–Trinajstić information content (AvgIpc) is 3.20. The Hall–Kier alpha value is -3.74. The molecule has 34 heavy (non-hydrogen) atoms. The molecule has 9 heteroatoms. The molecule has 174 valence electrons. The zero-order valence-electron chi connectivity index (χ0n) is 18.9. The van der Waals surface area contributed by atoms with Crippen molar-refractivity contribution >= 4 is 22.5 Å². The van der Waals surface area contributed by atoms with Gasteiger partial charge in [-0.2, -0.15) is 5.26 Å². The van der Waals surface area contributed by atoms with Crippen molar-refractivity contribution in [2.75, 3.05) is 51.9 Å². The minimum Gasteiger partial charge on any atom is -0.493 e. The molecule has 1 aromatic heterocycles. The molecule has 1 saturated heterocycles. The van der Waals surface area contributed by atoms with Gasteiger partial charge in [0.25, 0.3) is 0 Å². The second-order valence-electron chi connectivity index (χ2n) is 8.27. The molecule has 2 aromatic carbocycles. The van der Waals surface area contributed by atoms with E-state index in [0.29, 0.717) is 40.6 Å². The van der Waals surface area contributed by atoms with Gasteiger partial charge in [-0.15, -0.1) is 0 Å². The molecule has 1 fully saturated rings.